The maximum atomic E-state index is 14.1. The Morgan fingerprint density at radius 1 is 1.14 bits per heavy atom. The molecule has 1 amide bonds. The highest BCUT2D eigenvalue weighted by Gasteiger charge is 2.28. The molecule has 1 unspecified atom stereocenters. The van der Waals surface area contributed by atoms with Crippen LogP contribution in [0.4, 0.5) is 14.5 Å². The molecule has 156 valence electrons. The van der Waals surface area contributed by atoms with Gasteiger partial charge >= 0.3 is 0 Å². The summed E-state index contributed by atoms with van der Waals surface area (Å²) >= 11 is 5.67. The molecule has 1 heterocycles. The van der Waals surface area contributed by atoms with E-state index in [-0.39, 0.29) is 40.7 Å². The molecule has 2 N–H and O–H groups in total. The number of carbonyl (C=O) groups is 1. The van der Waals surface area contributed by atoms with Crippen molar-refractivity contribution in [1.82, 2.24) is 4.31 Å². The first-order valence-corrected chi connectivity index (χ1v) is 10.7. The van der Waals surface area contributed by atoms with Crippen LogP contribution in [0.3, 0.4) is 0 Å². The molecule has 0 aliphatic carbocycles. The van der Waals surface area contributed by atoms with E-state index in [0.717, 1.165) is 24.3 Å². The molecule has 2 aromatic carbocycles. The zero-order valence-electron chi connectivity index (χ0n) is 15.2. The van der Waals surface area contributed by atoms with E-state index in [0.29, 0.717) is 12.8 Å². The van der Waals surface area contributed by atoms with Crippen molar-refractivity contribution >= 4 is 33.2 Å². The maximum absolute atomic E-state index is 14.1. The number of sulfonamides is 1. The van der Waals surface area contributed by atoms with Gasteiger partial charge in [0.15, 0.2) is 0 Å². The van der Waals surface area contributed by atoms with Gasteiger partial charge in [-0.1, -0.05) is 11.6 Å². The summed E-state index contributed by atoms with van der Waals surface area (Å²) in [5.74, 6) is -2.32. The van der Waals surface area contributed by atoms with Crippen LogP contribution < -0.4 is 5.32 Å². The first-order chi connectivity index (χ1) is 13.7. The Balaban J connectivity index is 1.86. The average molecular weight is 445 g/mol. The maximum Gasteiger partial charge on any atom is 0.255 e. The molecule has 1 aliphatic rings. The molecule has 6 nitrogen and oxygen atoms in total. The van der Waals surface area contributed by atoms with Gasteiger partial charge in [0.2, 0.25) is 10.0 Å². The quantitative estimate of drug-likeness (QED) is 0.756. The van der Waals surface area contributed by atoms with E-state index in [1.165, 1.54) is 16.4 Å². The van der Waals surface area contributed by atoms with Crippen LogP contribution in [0.15, 0.2) is 41.3 Å². The Kier molecular flexibility index (Phi) is 6.52. The van der Waals surface area contributed by atoms with E-state index < -0.39 is 33.7 Å². The normalized spacial score (nSPS) is 18.3. The molecule has 1 aliphatic heterocycles. The molecular formula is C19H19ClF2N2O4S. The first kappa shape index (κ1) is 21.6. The summed E-state index contributed by atoms with van der Waals surface area (Å²) in [6.45, 7) is 0.307. The molecule has 0 spiro atoms. The zero-order valence-corrected chi connectivity index (χ0v) is 16.8. The fourth-order valence-corrected chi connectivity index (χ4v) is 4.79. The molecule has 0 saturated carbocycles. The second kappa shape index (κ2) is 8.74. The highest BCUT2D eigenvalue weighted by molar-refractivity contribution is 7.89. The van der Waals surface area contributed by atoms with Crippen LogP contribution in [0.25, 0.3) is 0 Å². The second-order valence-corrected chi connectivity index (χ2v) is 9.09. The van der Waals surface area contributed by atoms with Crippen LogP contribution in [0.1, 0.15) is 29.6 Å². The van der Waals surface area contributed by atoms with Crippen LogP contribution in [-0.2, 0) is 10.0 Å². The van der Waals surface area contributed by atoms with Crippen LogP contribution in [-0.4, -0.2) is 42.9 Å². The van der Waals surface area contributed by atoms with Gasteiger partial charge in [0.05, 0.1) is 16.0 Å². The fourth-order valence-electron chi connectivity index (χ4n) is 3.06. The lowest BCUT2D eigenvalue weighted by Crippen LogP contribution is -2.32. The minimum Gasteiger partial charge on any atom is -0.393 e. The number of hydrogen-bond donors (Lipinski definition) is 2. The van der Waals surface area contributed by atoms with Crippen molar-refractivity contribution < 1.29 is 27.1 Å². The number of aliphatic hydroxyl groups excluding tert-OH is 1. The van der Waals surface area contributed by atoms with Crippen molar-refractivity contribution in [2.24, 2.45) is 0 Å². The van der Waals surface area contributed by atoms with Gasteiger partial charge in [-0.15, -0.1) is 0 Å². The van der Waals surface area contributed by atoms with Gasteiger partial charge in [-0.2, -0.15) is 4.31 Å². The number of rotatable bonds is 4. The smallest absolute Gasteiger partial charge is 0.255 e. The third-order valence-electron chi connectivity index (χ3n) is 4.61. The number of anilines is 1. The number of halogens is 3. The van der Waals surface area contributed by atoms with E-state index in [2.05, 4.69) is 5.32 Å². The Morgan fingerprint density at radius 3 is 2.62 bits per heavy atom. The largest absolute Gasteiger partial charge is 0.393 e. The van der Waals surface area contributed by atoms with Gasteiger partial charge in [0, 0.05) is 24.3 Å². The Morgan fingerprint density at radius 2 is 1.90 bits per heavy atom. The fraction of sp³-hybridized carbons (Fsp3) is 0.316. The number of benzene rings is 2. The Bertz CT molecular complexity index is 1030. The van der Waals surface area contributed by atoms with Crippen LogP contribution in [0.2, 0.25) is 5.02 Å². The van der Waals surface area contributed by atoms with Gasteiger partial charge in [-0.25, -0.2) is 17.2 Å². The summed E-state index contributed by atoms with van der Waals surface area (Å²) in [5.41, 5.74) is -0.0320. The summed E-state index contributed by atoms with van der Waals surface area (Å²) in [6.07, 6.45) is 0.677. The van der Waals surface area contributed by atoms with Gasteiger partial charge in [-0.3, -0.25) is 4.79 Å². The molecule has 1 saturated heterocycles. The SMILES string of the molecule is O=C(Nc1ccc(F)c(Cl)c1)c1cc(F)cc(S(=O)(=O)N2CCCC(O)CC2)c1. The molecule has 1 atom stereocenters. The summed E-state index contributed by atoms with van der Waals surface area (Å²) in [4.78, 5) is 12.1. The third-order valence-corrected chi connectivity index (χ3v) is 6.77. The number of amides is 1. The predicted molar refractivity (Wildman–Crippen MR) is 104 cm³/mol. The monoisotopic (exact) mass is 444 g/mol. The number of nitrogens with zero attached hydrogens (tertiary/aromatic N) is 1. The molecule has 0 radical (unpaired) electrons. The van der Waals surface area contributed by atoms with Crippen molar-refractivity contribution in [3.8, 4) is 0 Å². The minimum absolute atomic E-state index is 0.107. The lowest BCUT2D eigenvalue weighted by Gasteiger charge is -2.20. The van der Waals surface area contributed by atoms with E-state index in [1.54, 1.807) is 0 Å². The second-order valence-electron chi connectivity index (χ2n) is 6.75. The van der Waals surface area contributed by atoms with Crippen molar-refractivity contribution in [2.45, 2.75) is 30.3 Å². The molecule has 10 heteroatoms. The predicted octanol–water partition coefficient (Wildman–Crippen LogP) is 3.41. The van der Waals surface area contributed by atoms with Crippen LogP contribution in [0.5, 0.6) is 0 Å². The lowest BCUT2D eigenvalue weighted by atomic mass is 10.2. The minimum atomic E-state index is -4.04. The Labute approximate surface area is 172 Å². The molecule has 0 bridgehead atoms. The molecule has 0 aromatic heterocycles. The molecule has 1 fully saturated rings. The third kappa shape index (κ3) is 5.11. The van der Waals surface area contributed by atoms with Crippen molar-refractivity contribution in [3.63, 3.8) is 0 Å². The number of carbonyl (C=O) groups excluding carboxylic acids is 1. The molecular weight excluding hydrogens is 426 g/mol. The Hall–Kier alpha value is -2.07. The van der Waals surface area contributed by atoms with Gasteiger partial charge in [0.25, 0.3) is 5.91 Å². The zero-order chi connectivity index (χ0) is 21.2. The number of nitrogens with one attached hydrogen (secondary N) is 1. The van der Waals surface area contributed by atoms with Crippen molar-refractivity contribution in [1.29, 1.82) is 0 Å². The van der Waals surface area contributed by atoms with Gasteiger partial charge in [0.1, 0.15) is 11.6 Å². The van der Waals surface area contributed by atoms with Crippen molar-refractivity contribution in [2.75, 3.05) is 18.4 Å². The lowest BCUT2D eigenvalue weighted by molar-refractivity contribution is 0.102. The highest BCUT2D eigenvalue weighted by Crippen LogP contribution is 2.24. The molecule has 2 aromatic rings. The summed E-state index contributed by atoms with van der Waals surface area (Å²) in [5, 5.41) is 11.9. The van der Waals surface area contributed by atoms with Crippen LogP contribution >= 0.6 is 11.6 Å². The van der Waals surface area contributed by atoms with Crippen LogP contribution in [0, 0.1) is 11.6 Å². The summed E-state index contributed by atoms with van der Waals surface area (Å²) in [7, 11) is -4.04. The van der Waals surface area contributed by atoms with E-state index in [1.807, 2.05) is 0 Å². The summed E-state index contributed by atoms with van der Waals surface area (Å²) < 4.78 is 54.3. The van der Waals surface area contributed by atoms with Gasteiger partial charge < -0.3 is 10.4 Å². The number of hydrogen-bond acceptors (Lipinski definition) is 4. The topological polar surface area (TPSA) is 86.7 Å². The molecule has 29 heavy (non-hydrogen) atoms. The first-order valence-electron chi connectivity index (χ1n) is 8.92. The van der Waals surface area contributed by atoms with Crippen molar-refractivity contribution in [3.05, 3.63) is 58.6 Å². The van der Waals surface area contributed by atoms with Gasteiger partial charge in [-0.05, 0) is 55.7 Å². The highest BCUT2D eigenvalue weighted by atomic mass is 35.5. The average Bonchev–Trinajstić information content (AvgIpc) is 2.89. The van der Waals surface area contributed by atoms with E-state index in [9.17, 15) is 27.1 Å². The molecule has 3 rings (SSSR count). The summed E-state index contributed by atoms with van der Waals surface area (Å²) in [6, 6.07) is 6.37. The standard InChI is InChI=1S/C19H19ClF2N2O4S/c20-17-11-14(3-4-18(17)22)23-19(26)12-8-13(21)10-16(9-12)29(27,28)24-6-1-2-15(25)5-7-24/h3-4,8-11,15,25H,1-2,5-7H2,(H,23,26). The van der Waals surface area contributed by atoms with E-state index >= 15 is 0 Å². The van der Waals surface area contributed by atoms with E-state index in [4.69, 9.17) is 11.6 Å². The number of aliphatic hydroxyl groups is 1.